The zero-order valence-electron chi connectivity index (χ0n) is 10.5. The number of rotatable bonds is 5. The number of ether oxygens (including phenoxy) is 1. The third kappa shape index (κ3) is 3.04. The largest absolute Gasteiger partial charge is 0.435 e. The molecule has 1 aromatic carbocycles. The molecule has 0 spiro atoms. The number of carbonyl (C=O) groups excluding carboxylic acids is 1. The lowest BCUT2D eigenvalue weighted by molar-refractivity contribution is -0.0498. The van der Waals surface area contributed by atoms with Gasteiger partial charge in [-0.3, -0.25) is 9.48 Å². The molecule has 1 heterocycles. The minimum atomic E-state index is -2.88. The van der Waals surface area contributed by atoms with E-state index in [0.29, 0.717) is 22.3 Å². The fourth-order valence-electron chi connectivity index (χ4n) is 1.75. The van der Waals surface area contributed by atoms with E-state index in [4.69, 9.17) is 0 Å². The Bertz CT molecular complexity index is 611. The molecule has 0 saturated heterocycles. The van der Waals surface area contributed by atoms with Crippen LogP contribution in [0.1, 0.15) is 23.0 Å². The van der Waals surface area contributed by atoms with Crippen LogP contribution in [-0.2, 0) is 6.54 Å². The number of carbonyl (C=O) groups is 1. The van der Waals surface area contributed by atoms with Crippen molar-refractivity contribution in [3.63, 3.8) is 0 Å². The van der Waals surface area contributed by atoms with Gasteiger partial charge in [-0.05, 0) is 47.1 Å². The number of hydrogen-bond acceptors (Lipinski definition) is 3. The lowest BCUT2D eigenvalue weighted by Crippen LogP contribution is -2.11. The topological polar surface area (TPSA) is 44.1 Å². The van der Waals surface area contributed by atoms with E-state index in [1.165, 1.54) is 24.3 Å². The molecular weight excluding hydrogens is 334 g/mol. The molecule has 0 atom stereocenters. The SMILES string of the molecule is CCn1ncc(Br)c1C(=O)c1ccc(OC(F)F)cc1. The highest BCUT2D eigenvalue weighted by atomic mass is 79.9. The molecule has 7 heteroatoms. The Morgan fingerprint density at radius 2 is 2.05 bits per heavy atom. The van der Waals surface area contributed by atoms with E-state index >= 15 is 0 Å². The van der Waals surface area contributed by atoms with Gasteiger partial charge in [-0.15, -0.1) is 0 Å². The molecule has 106 valence electrons. The second-order valence-electron chi connectivity index (χ2n) is 3.89. The van der Waals surface area contributed by atoms with Gasteiger partial charge in [-0.25, -0.2) is 0 Å². The summed E-state index contributed by atoms with van der Waals surface area (Å²) in [5.41, 5.74) is 0.803. The first-order valence-corrected chi connectivity index (χ1v) is 6.63. The summed E-state index contributed by atoms with van der Waals surface area (Å²) in [6.07, 6.45) is 1.55. The van der Waals surface area contributed by atoms with E-state index in [-0.39, 0.29) is 11.5 Å². The molecule has 0 aliphatic rings. The molecule has 0 aliphatic heterocycles. The highest BCUT2D eigenvalue weighted by Crippen LogP contribution is 2.22. The number of nitrogens with zero attached hydrogens (tertiary/aromatic N) is 2. The second-order valence-corrected chi connectivity index (χ2v) is 4.74. The molecule has 20 heavy (non-hydrogen) atoms. The van der Waals surface area contributed by atoms with Crippen molar-refractivity contribution < 1.29 is 18.3 Å². The number of hydrogen-bond donors (Lipinski definition) is 0. The van der Waals surface area contributed by atoms with E-state index in [2.05, 4.69) is 25.8 Å². The van der Waals surface area contributed by atoms with Gasteiger partial charge in [0.2, 0.25) is 5.78 Å². The molecule has 0 bridgehead atoms. The predicted octanol–water partition coefficient (Wildman–Crippen LogP) is 3.50. The number of halogens is 3. The van der Waals surface area contributed by atoms with Gasteiger partial charge in [0, 0.05) is 12.1 Å². The smallest absolute Gasteiger partial charge is 0.387 e. The molecule has 0 unspecified atom stereocenters. The van der Waals surface area contributed by atoms with Crippen molar-refractivity contribution in [1.82, 2.24) is 9.78 Å². The van der Waals surface area contributed by atoms with Crippen LogP contribution in [0, 0.1) is 0 Å². The van der Waals surface area contributed by atoms with Crippen molar-refractivity contribution >= 4 is 21.7 Å². The molecule has 2 rings (SSSR count). The highest BCUT2D eigenvalue weighted by molar-refractivity contribution is 9.10. The summed E-state index contributed by atoms with van der Waals surface area (Å²) in [7, 11) is 0. The van der Waals surface area contributed by atoms with Crippen LogP contribution in [0.2, 0.25) is 0 Å². The Morgan fingerprint density at radius 3 is 2.60 bits per heavy atom. The summed E-state index contributed by atoms with van der Waals surface area (Å²) >= 11 is 3.27. The molecule has 0 saturated carbocycles. The number of ketones is 1. The van der Waals surface area contributed by atoms with Crippen molar-refractivity contribution in [2.24, 2.45) is 0 Å². The van der Waals surface area contributed by atoms with Crippen molar-refractivity contribution in [3.05, 3.63) is 46.2 Å². The minimum Gasteiger partial charge on any atom is -0.435 e. The summed E-state index contributed by atoms with van der Waals surface area (Å²) in [6.45, 7) is -0.457. The Morgan fingerprint density at radius 1 is 1.40 bits per heavy atom. The first-order valence-electron chi connectivity index (χ1n) is 5.83. The molecule has 4 nitrogen and oxygen atoms in total. The highest BCUT2D eigenvalue weighted by Gasteiger charge is 2.18. The molecule has 0 amide bonds. The summed E-state index contributed by atoms with van der Waals surface area (Å²) < 4.78 is 30.5. The standard InChI is InChI=1S/C13H11BrF2N2O2/c1-2-18-11(10(14)7-17-18)12(19)8-3-5-9(6-4-8)20-13(15)16/h3-7,13H,2H2,1H3. The molecule has 0 N–H and O–H groups in total. The van der Waals surface area contributed by atoms with Crippen LogP contribution in [0.4, 0.5) is 8.78 Å². The van der Waals surface area contributed by atoms with Crippen molar-refractivity contribution in [2.45, 2.75) is 20.1 Å². The summed E-state index contributed by atoms with van der Waals surface area (Å²) in [6, 6.07) is 5.55. The van der Waals surface area contributed by atoms with Crippen LogP contribution in [0.15, 0.2) is 34.9 Å². The summed E-state index contributed by atoms with van der Waals surface area (Å²) in [5.74, 6) is -0.223. The number of alkyl halides is 2. The zero-order chi connectivity index (χ0) is 14.7. The van der Waals surface area contributed by atoms with Gasteiger partial charge >= 0.3 is 6.61 Å². The Kier molecular flexibility index (Phi) is 4.49. The lowest BCUT2D eigenvalue weighted by atomic mass is 10.1. The lowest BCUT2D eigenvalue weighted by Gasteiger charge is -2.07. The fourth-order valence-corrected chi connectivity index (χ4v) is 2.23. The quantitative estimate of drug-likeness (QED) is 0.779. The van der Waals surface area contributed by atoms with Gasteiger partial charge in [-0.2, -0.15) is 13.9 Å². The van der Waals surface area contributed by atoms with Crippen LogP contribution in [0.5, 0.6) is 5.75 Å². The average Bonchev–Trinajstić information content (AvgIpc) is 2.79. The average molecular weight is 345 g/mol. The van der Waals surface area contributed by atoms with Gasteiger partial charge in [-0.1, -0.05) is 0 Å². The van der Waals surface area contributed by atoms with Gasteiger partial charge in [0.1, 0.15) is 11.4 Å². The Labute approximate surface area is 122 Å². The zero-order valence-corrected chi connectivity index (χ0v) is 12.1. The first-order chi connectivity index (χ1) is 9.52. The van der Waals surface area contributed by atoms with Gasteiger partial charge < -0.3 is 4.74 Å². The summed E-state index contributed by atoms with van der Waals surface area (Å²) in [4.78, 5) is 12.4. The van der Waals surface area contributed by atoms with E-state index < -0.39 is 6.61 Å². The maximum Gasteiger partial charge on any atom is 0.387 e. The third-order valence-corrected chi connectivity index (χ3v) is 3.23. The van der Waals surface area contributed by atoms with Crippen molar-refractivity contribution in [3.8, 4) is 5.75 Å². The van der Waals surface area contributed by atoms with Crippen LogP contribution < -0.4 is 4.74 Å². The molecule has 0 fully saturated rings. The maximum atomic E-state index is 12.4. The summed E-state index contributed by atoms with van der Waals surface area (Å²) in [5, 5.41) is 4.06. The van der Waals surface area contributed by atoms with Crippen LogP contribution in [0.25, 0.3) is 0 Å². The Balaban J connectivity index is 2.27. The van der Waals surface area contributed by atoms with Crippen LogP contribution >= 0.6 is 15.9 Å². The molecular formula is C13H11BrF2N2O2. The monoisotopic (exact) mass is 344 g/mol. The van der Waals surface area contributed by atoms with E-state index in [9.17, 15) is 13.6 Å². The number of aryl methyl sites for hydroxylation is 1. The van der Waals surface area contributed by atoms with Gasteiger partial charge in [0.25, 0.3) is 0 Å². The van der Waals surface area contributed by atoms with E-state index in [1.807, 2.05) is 6.92 Å². The van der Waals surface area contributed by atoms with E-state index in [1.54, 1.807) is 10.9 Å². The van der Waals surface area contributed by atoms with Crippen molar-refractivity contribution in [1.29, 1.82) is 0 Å². The van der Waals surface area contributed by atoms with Crippen LogP contribution in [-0.4, -0.2) is 22.2 Å². The molecule has 1 aromatic heterocycles. The Hall–Kier alpha value is -1.76. The number of aromatic nitrogens is 2. The maximum absolute atomic E-state index is 12.4. The first kappa shape index (κ1) is 14.6. The second kappa shape index (κ2) is 6.13. The van der Waals surface area contributed by atoms with E-state index in [0.717, 1.165) is 0 Å². The predicted molar refractivity (Wildman–Crippen MR) is 72.1 cm³/mol. The minimum absolute atomic E-state index is 0.0135. The molecule has 2 aromatic rings. The molecule has 0 aliphatic carbocycles. The number of benzene rings is 1. The van der Waals surface area contributed by atoms with Crippen LogP contribution in [0.3, 0.4) is 0 Å². The van der Waals surface area contributed by atoms with Gasteiger partial charge in [0.05, 0.1) is 10.7 Å². The molecule has 0 radical (unpaired) electrons. The normalized spacial score (nSPS) is 10.8. The fraction of sp³-hybridized carbons (Fsp3) is 0.231. The van der Waals surface area contributed by atoms with Crippen molar-refractivity contribution in [2.75, 3.05) is 0 Å². The third-order valence-electron chi connectivity index (χ3n) is 2.65. The van der Waals surface area contributed by atoms with Gasteiger partial charge in [0.15, 0.2) is 0 Å².